The van der Waals surface area contributed by atoms with Gasteiger partial charge >= 0.3 is 0 Å². The second-order valence-electron chi connectivity index (χ2n) is 3.02. The van der Waals surface area contributed by atoms with Gasteiger partial charge in [-0.3, -0.25) is 0 Å². The lowest BCUT2D eigenvalue weighted by molar-refractivity contribution is 0.549. The van der Waals surface area contributed by atoms with Crippen molar-refractivity contribution in [2.24, 2.45) is 0 Å². The first-order valence-corrected chi connectivity index (χ1v) is 4.62. The minimum Gasteiger partial charge on any atom is -0.207 e. The first-order chi connectivity index (χ1) is 6.11. The van der Waals surface area contributed by atoms with Crippen LogP contribution in [0.4, 0.5) is 8.78 Å². The number of hydrogen-bond acceptors (Lipinski definition) is 0. The fourth-order valence-corrected chi connectivity index (χ4v) is 1.22. The molecule has 1 aromatic rings. The van der Waals surface area contributed by atoms with Gasteiger partial charge in [0.05, 0.1) is 0 Å². The molecular formula is C10H11ClF2. The van der Waals surface area contributed by atoms with Gasteiger partial charge in [-0.15, -0.1) is 11.6 Å². The average molecular weight is 205 g/mol. The molecule has 1 aromatic carbocycles. The summed E-state index contributed by atoms with van der Waals surface area (Å²) in [5.41, 5.74) is 0.134. The molecule has 0 heterocycles. The fraction of sp³-hybridized carbons (Fsp3) is 0.400. The average Bonchev–Trinajstić information content (AvgIpc) is 2.03. The van der Waals surface area contributed by atoms with Crippen molar-refractivity contribution < 1.29 is 8.78 Å². The highest BCUT2D eigenvalue weighted by Gasteiger charge is 2.08. The standard InChI is InChI=1S/C10H11ClF2/c1-7(11)5-6-8-9(12)3-2-4-10(8)13/h2-4,7H,5-6H2,1H3. The zero-order valence-electron chi connectivity index (χ0n) is 7.36. The van der Waals surface area contributed by atoms with E-state index in [1.165, 1.54) is 18.2 Å². The van der Waals surface area contributed by atoms with Crippen LogP contribution in [0, 0.1) is 11.6 Å². The number of rotatable bonds is 3. The van der Waals surface area contributed by atoms with Gasteiger partial charge in [0.25, 0.3) is 0 Å². The summed E-state index contributed by atoms with van der Waals surface area (Å²) in [6.07, 6.45) is 0.933. The van der Waals surface area contributed by atoms with E-state index in [0.717, 1.165) is 0 Å². The summed E-state index contributed by atoms with van der Waals surface area (Å²) >= 11 is 5.69. The van der Waals surface area contributed by atoms with Crippen LogP contribution in [0.25, 0.3) is 0 Å². The third kappa shape index (κ3) is 2.96. The van der Waals surface area contributed by atoms with Crippen molar-refractivity contribution in [3.8, 4) is 0 Å². The molecule has 0 spiro atoms. The van der Waals surface area contributed by atoms with Crippen molar-refractivity contribution in [3.05, 3.63) is 35.4 Å². The second kappa shape index (κ2) is 4.56. The number of halogens is 3. The summed E-state index contributed by atoms with van der Waals surface area (Å²) in [5.74, 6) is -0.977. The van der Waals surface area contributed by atoms with Crippen LogP contribution < -0.4 is 0 Å². The molecule has 0 radical (unpaired) electrons. The van der Waals surface area contributed by atoms with E-state index in [1.807, 2.05) is 0 Å². The molecule has 0 fully saturated rings. The molecule has 1 rings (SSSR count). The molecule has 13 heavy (non-hydrogen) atoms. The van der Waals surface area contributed by atoms with E-state index in [1.54, 1.807) is 6.92 Å². The Kier molecular flexibility index (Phi) is 3.67. The Hall–Kier alpha value is -0.630. The van der Waals surface area contributed by atoms with Crippen molar-refractivity contribution in [2.75, 3.05) is 0 Å². The van der Waals surface area contributed by atoms with Crippen LogP contribution in [-0.4, -0.2) is 5.38 Å². The van der Waals surface area contributed by atoms with E-state index >= 15 is 0 Å². The lowest BCUT2D eigenvalue weighted by atomic mass is 10.1. The van der Waals surface area contributed by atoms with Gasteiger partial charge < -0.3 is 0 Å². The predicted octanol–water partition coefficient (Wildman–Crippen LogP) is 3.52. The highest BCUT2D eigenvalue weighted by molar-refractivity contribution is 6.20. The Morgan fingerprint density at radius 1 is 1.31 bits per heavy atom. The lowest BCUT2D eigenvalue weighted by Crippen LogP contribution is -2.00. The summed E-state index contributed by atoms with van der Waals surface area (Å²) in [7, 11) is 0. The smallest absolute Gasteiger partial charge is 0.129 e. The summed E-state index contributed by atoms with van der Waals surface area (Å²) < 4.78 is 26.0. The maximum absolute atomic E-state index is 13.0. The van der Waals surface area contributed by atoms with Crippen LogP contribution in [0.1, 0.15) is 18.9 Å². The fourth-order valence-electron chi connectivity index (χ4n) is 1.11. The molecule has 0 nitrogen and oxygen atoms in total. The van der Waals surface area contributed by atoms with Crippen LogP contribution in [0.15, 0.2) is 18.2 Å². The van der Waals surface area contributed by atoms with Gasteiger partial charge in [0.2, 0.25) is 0 Å². The molecule has 0 saturated heterocycles. The molecule has 3 heteroatoms. The zero-order valence-corrected chi connectivity index (χ0v) is 8.11. The van der Waals surface area contributed by atoms with Crippen molar-refractivity contribution in [2.45, 2.75) is 25.1 Å². The summed E-state index contributed by atoms with van der Waals surface area (Å²) in [6, 6.07) is 3.88. The molecule has 72 valence electrons. The molecular weight excluding hydrogens is 194 g/mol. The maximum atomic E-state index is 13.0. The number of hydrogen-bond donors (Lipinski definition) is 0. The van der Waals surface area contributed by atoms with E-state index in [0.29, 0.717) is 12.8 Å². The Morgan fingerprint density at radius 2 is 1.85 bits per heavy atom. The highest BCUT2D eigenvalue weighted by atomic mass is 35.5. The topological polar surface area (TPSA) is 0 Å². The first kappa shape index (κ1) is 10.5. The molecule has 0 aliphatic heterocycles. The van der Waals surface area contributed by atoms with Gasteiger partial charge in [0.1, 0.15) is 11.6 Å². The Bertz CT molecular complexity index is 264. The molecule has 0 aliphatic carbocycles. The molecule has 0 N–H and O–H groups in total. The molecule has 1 unspecified atom stereocenters. The summed E-state index contributed by atoms with van der Waals surface area (Å²) in [4.78, 5) is 0. The minimum atomic E-state index is -0.489. The Balaban J connectivity index is 2.75. The second-order valence-corrected chi connectivity index (χ2v) is 3.76. The SMILES string of the molecule is CC(Cl)CCc1c(F)cccc1F. The van der Waals surface area contributed by atoms with Crippen LogP contribution in [0.2, 0.25) is 0 Å². The normalized spacial score (nSPS) is 12.9. The van der Waals surface area contributed by atoms with E-state index in [9.17, 15) is 8.78 Å². The molecule has 0 amide bonds. The molecule has 0 aromatic heterocycles. The Morgan fingerprint density at radius 3 is 2.31 bits per heavy atom. The van der Waals surface area contributed by atoms with E-state index < -0.39 is 11.6 Å². The minimum absolute atomic E-state index is 0.0565. The van der Waals surface area contributed by atoms with Gasteiger partial charge in [-0.05, 0) is 31.9 Å². The monoisotopic (exact) mass is 204 g/mol. The zero-order chi connectivity index (χ0) is 9.84. The van der Waals surface area contributed by atoms with Gasteiger partial charge in [-0.1, -0.05) is 6.07 Å². The molecule has 1 atom stereocenters. The van der Waals surface area contributed by atoms with Crippen LogP contribution in [0.3, 0.4) is 0 Å². The van der Waals surface area contributed by atoms with Gasteiger partial charge in [0.15, 0.2) is 0 Å². The molecule has 0 saturated carbocycles. The first-order valence-electron chi connectivity index (χ1n) is 4.18. The van der Waals surface area contributed by atoms with Crippen LogP contribution >= 0.6 is 11.6 Å². The van der Waals surface area contributed by atoms with Crippen LogP contribution in [0.5, 0.6) is 0 Å². The van der Waals surface area contributed by atoms with Crippen molar-refractivity contribution in [1.29, 1.82) is 0 Å². The predicted molar refractivity (Wildman–Crippen MR) is 50.0 cm³/mol. The quantitative estimate of drug-likeness (QED) is 0.661. The van der Waals surface area contributed by atoms with E-state index in [2.05, 4.69) is 0 Å². The van der Waals surface area contributed by atoms with Gasteiger partial charge in [0, 0.05) is 10.9 Å². The highest BCUT2D eigenvalue weighted by Crippen LogP contribution is 2.16. The van der Waals surface area contributed by atoms with E-state index in [-0.39, 0.29) is 10.9 Å². The maximum Gasteiger partial charge on any atom is 0.129 e. The summed E-state index contributed by atoms with van der Waals surface area (Å²) in [5, 5.41) is -0.0565. The van der Waals surface area contributed by atoms with Crippen molar-refractivity contribution >= 4 is 11.6 Å². The Labute approximate surface area is 81.5 Å². The number of alkyl halides is 1. The number of benzene rings is 1. The largest absolute Gasteiger partial charge is 0.207 e. The van der Waals surface area contributed by atoms with E-state index in [4.69, 9.17) is 11.6 Å². The lowest BCUT2D eigenvalue weighted by Gasteiger charge is -2.05. The summed E-state index contributed by atoms with van der Waals surface area (Å²) in [6.45, 7) is 1.81. The van der Waals surface area contributed by atoms with Gasteiger partial charge in [-0.2, -0.15) is 0 Å². The molecule has 0 bridgehead atoms. The van der Waals surface area contributed by atoms with Gasteiger partial charge in [-0.25, -0.2) is 8.78 Å². The van der Waals surface area contributed by atoms with Crippen LogP contribution in [-0.2, 0) is 6.42 Å². The third-order valence-electron chi connectivity index (χ3n) is 1.85. The third-order valence-corrected chi connectivity index (χ3v) is 2.07. The van der Waals surface area contributed by atoms with Crippen molar-refractivity contribution in [3.63, 3.8) is 0 Å². The molecule has 0 aliphatic rings. The van der Waals surface area contributed by atoms with Crippen molar-refractivity contribution in [1.82, 2.24) is 0 Å².